The van der Waals surface area contributed by atoms with Gasteiger partial charge in [0, 0.05) is 24.3 Å². The van der Waals surface area contributed by atoms with Gasteiger partial charge in [-0.25, -0.2) is 0 Å². The van der Waals surface area contributed by atoms with E-state index >= 15 is 0 Å². The van der Waals surface area contributed by atoms with Crippen molar-refractivity contribution in [3.8, 4) is 0 Å². The molecule has 2 heterocycles. The number of hydrogen-bond acceptors (Lipinski definition) is 5. The molecule has 2 aliphatic heterocycles. The number of imide groups is 2. The molecule has 0 saturated carbocycles. The van der Waals surface area contributed by atoms with Crippen LogP contribution in [0.25, 0.3) is 0 Å². The molecule has 0 radical (unpaired) electrons. The highest BCUT2D eigenvalue weighted by molar-refractivity contribution is 6.51. The van der Waals surface area contributed by atoms with Crippen molar-refractivity contribution in [1.29, 1.82) is 0 Å². The Hall–Kier alpha value is -1.85. The summed E-state index contributed by atoms with van der Waals surface area (Å²) in [5, 5.41) is 0. The van der Waals surface area contributed by atoms with E-state index in [-0.39, 0.29) is 0 Å². The van der Waals surface area contributed by atoms with Crippen molar-refractivity contribution < 1.29 is 23.3 Å². The average molecular weight is 268 g/mol. The molecule has 4 amide bonds. The first-order valence-corrected chi connectivity index (χ1v) is 7.16. The molecule has 0 aliphatic carbocycles. The standard InChI is InChI=1S/C8H8N2O5Si2/c11-5-1-2-6(12)9(5)16-15-17-10-7(13)3-4-8(10)14/h1-4H,16-17H2. The molecule has 17 heavy (non-hydrogen) atoms. The van der Waals surface area contributed by atoms with Crippen LogP contribution >= 0.6 is 0 Å². The third-order valence-electron chi connectivity index (χ3n) is 2.24. The predicted octanol–water partition coefficient (Wildman–Crippen LogP) is -3.15. The van der Waals surface area contributed by atoms with E-state index < -0.39 is 43.5 Å². The van der Waals surface area contributed by atoms with Gasteiger partial charge in [0.1, 0.15) is 0 Å². The second-order valence-electron chi connectivity index (χ2n) is 3.34. The van der Waals surface area contributed by atoms with Crippen LogP contribution in [0, 0.1) is 0 Å². The summed E-state index contributed by atoms with van der Waals surface area (Å²) in [5.41, 5.74) is 0. The molecule has 0 aromatic carbocycles. The maximum absolute atomic E-state index is 11.2. The van der Waals surface area contributed by atoms with Crippen LogP contribution in [0.15, 0.2) is 24.3 Å². The average Bonchev–Trinajstić information content (AvgIpc) is 2.77. The van der Waals surface area contributed by atoms with Gasteiger partial charge in [-0.2, -0.15) is 0 Å². The zero-order chi connectivity index (χ0) is 12.4. The fraction of sp³-hybridized carbons (Fsp3) is 0. The lowest BCUT2D eigenvalue weighted by atomic mass is 10.6. The minimum Gasteiger partial charge on any atom is -0.433 e. The molecular formula is C8H8N2O5Si2. The van der Waals surface area contributed by atoms with E-state index in [0.717, 1.165) is 9.13 Å². The van der Waals surface area contributed by atoms with Crippen molar-refractivity contribution in [2.75, 3.05) is 0 Å². The van der Waals surface area contributed by atoms with Gasteiger partial charge in [-0.05, 0) is 0 Å². The van der Waals surface area contributed by atoms with E-state index in [4.69, 9.17) is 4.12 Å². The van der Waals surface area contributed by atoms with Crippen LogP contribution in [0.4, 0.5) is 0 Å². The smallest absolute Gasteiger partial charge is 0.268 e. The minimum atomic E-state index is -1.53. The third kappa shape index (κ3) is 2.30. The van der Waals surface area contributed by atoms with E-state index in [2.05, 4.69) is 0 Å². The van der Waals surface area contributed by atoms with E-state index in [9.17, 15) is 19.2 Å². The van der Waals surface area contributed by atoms with Crippen LogP contribution in [0.3, 0.4) is 0 Å². The van der Waals surface area contributed by atoms with Gasteiger partial charge in [-0.1, -0.05) is 0 Å². The summed E-state index contributed by atoms with van der Waals surface area (Å²) >= 11 is 0. The Morgan fingerprint density at radius 1 is 0.706 bits per heavy atom. The normalized spacial score (nSPS) is 20.5. The lowest BCUT2D eigenvalue weighted by Crippen LogP contribution is -2.41. The summed E-state index contributed by atoms with van der Waals surface area (Å²) in [4.78, 5) is 44.7. The number of amides is 4. The van der Waals surface area contributed by atoms with Crippen LogP contribution in [-0.4, -0.2) is 52.6 Å². The quantitative estimate of drug-likeness (QED) is 0.397. The molecule has 0 unspecified atom stereocenters. The van der Waals surface area contributed by atoms with Gasteiger partial charge in [-0.15, -0.1) is 0 Å². The Labute approximate surface area is 101 Å². The molecule has 2 rings (SSSR count). The molecule has 2 aliphatic rings. The Morgan fingerprint density at radius 2 is 1.00 bits per heavy atom. The van der Waals surface area contributed by atoms with Crippen molar-refractivity contribution in [2.45, 2.75) is 0 Å². The van der Waals surface area contributed by atoms with Gasteiger partial charge >= 0.3 is 0 Å². The summed E-state index contributed by atoms with van der Waals surface area (Å²) in [6.07, 6.45) is 4.70. The molecule has 7 nitrogen and oxygen atoms in total. The highest BCUT2D eigenvalue weighted by Crippen LogP contribution is 2.04. The molecule has 0 fully saturated rings. The van der Waals surface area contributed by atoms with Gasteiger partial charge in [0.15, 0.2) is 0 Å². The lowest BCUT2D eigenvalue weighted by Gasteiger charge is -2.17. The van der Waals surface area contributed by atoms with Crippen molar-refractivity contribution in [3.05, 3.63) is 24.3 Å². The molecule has 0 N–H and O–H groups in total. The first kappa shape index (κ1) is 11.6. The SMILES string of the molecule is O=C1C=CC(=O)N1[SiH2]O[SiH2]N1C(=O)C=CC1=O. The van der Waals surface area contributed by atoms with Crippen molar-refractivity contribution >= 4 is 43.5 Å². The van der Waals surface area contributed by atoms with Gasteiger partial charge in [-0.3, -0.25) is 28.3 Å². The first-order chi connectivity index (χ1) is 8.09. The maximum atomic E-state index is 11.2. The van der Waals surface area contributed by atoms with Crippen molar-refractivity contribution in [3.63, 3.8) is 0 Å². The van der Waals surface area contributed by atoms with Gasteiger partial charge in [0.25, 0.3) is 19.8 Å². The molecule has 0 aromatic heterocycles. The molecule has 0 aromatic rings. The summed E-state index contributed by atoms with van der Waals surface area (Å²) < 4.78 is 7.32. The van der Waals surface area contributed by atoms with Crippen LogP contribution in [0.5, 0.6) is 0 Å². The van der Waals surface area contributed by atoms with Crippen molar-refractivity contribution in [1.82, 2.24) is 9.13 Å². The van der Waals surface area contributed by atoms with Crippen LogP contribution in [-0.2, 0) is 23.3 Å². The molecule has 9 heteroatoms. The lowest BCUT2D eigenvalue weighted by molar-refractivity contribution is -0.132. The summed E-state index contributed by atoms with van der Waals surface area (Å²) in [7, 11) is -3.05. The molecule has 0 atom stereocenters. The largest absolute Gasteiger partial charge is 0.433 e. The first-order valence-electron chi connectivity index (χ1n) is 4.74. The van der Waals surface area contributed by atoms with Crippen LogP contribution in [0.1, 0.15) is 0 Å². The van der Waals surface area contributed by atoms with Gasteiger partial charge in [0.2, 0.25) is 23.6 Å². The highest BCUT2D eigenvalue weighted by Gasteiger charge is 2.26. The predicted molar refractivity (Wildman–Crippen MR) is 60.2 cm³/mol. The molecule has 88 valence electrons. The number of nitrogens with zero attached hydrogens (tertiary/aromatic N) is 2. The van der Waals surface area contributed by atoms with Crippen LogP contribution in [0.2, 0.25) is 0 Å². The summed E-state index contributed by atoms with van der Waals surface area (Å²) in [6, 6.07) is 0. The third-order valence-corrected chi connectivity index (χ3v) is 5.47. The molecular weight excluding hydrogens is 260 g/mol. The number of rotatable bonds is 4. The highest BCUT2D eigenvalue weighted by atomic mass is 28.3. The second-order valence-corrected chi connectivity index (χ2v) is 6.75. The fourth-order valence-corrected chi connectivity index (χ4v) is 4.06. The Kier molecular flexibility index (Phi) is 3.13. The zero-order valence-electron chi connectivity index (χ0n) is 8.66. The summed E-state index contributed by atoms with van der Waals surface area (Å²) in [5.74, 6) is -1.58. The van der Waals surface area contributed by atoms with E-state index in [1.165, 1.54) is 24.3 Å². The van der Waals surface area contributed by atoms with Crippen molar-refractivity contribution in [2.24, 2.45) is 0 Å². The minimum absolute atomic E-state index is 0.395. The van der Waals surface area contributed by atoms with E-state index in [0.29, 0.717) is 0 Å². The van der Waals surface area contributed by atoms with E-state index in [1.54, 1.807) is 0 Å². The van der Waals surface area contributed by atoms with E-state index in [1.807, 2.05) is 0 Å². The maximum Gasteiger partial charge on any atom is 0.268 e. The van der Waals surface area contributed by atoms with Gasteiger partial charge < -0.3 is 4.12 Å². The number of carbonyl (C=O) groups excluding carboxylic acids is 4. The van der Waals surface area contributed by atoms with Gasteiger partial charge in [0.05, 0.1) is 0 Å². The topological polar surface area (TPSA) is 84.0 Å². The molecule has 0 spiro atoms. The monoisotopic (exact) mass is 268 g/mol. The number of hydrogen-bond donors (Lipinski definition) is 0. The Bertz CT molecular complexity index is 395. The second kappa shape index (κ2) is 4.57. The Morgan fingerprint density at radius 3 is 1.29 bits per heavy atom. The zero-order valence-corrected chi connectivity index (χ0v) is 11.5. The molecule has 0 bridgehead atoms. The molecule has 0 saturated heterocycles. The Balaban J connectivity index is 1.81. The number of carbonyl (C=O) groups is 4. The fourth-order valence-electron chi connectivity index (χ4n) is 1.34. The summed E-state index contributed by atoms with van der Waals surface area (Å²) in [6.45, 7) is 0. The van der Waals surface area contributed by atoms with Crippen LogP contribution < -0.4 is 0 Å².